The summed E-state index contributed by atoms with van der Waals surface area (Å²) in [5.74, 6) is -0.178. The van der Waals surface area contributed by atoms with E-state index in [9.17, 15) is 14.7 Å². The molecule has 2 fully saturated rings. The number of thioether (sulfide) groups is 1. The van der Waals surface area contributed by atoms with E-state index >= 15 is 0 Å². The van der Waals surface area contributed by atoms with Gasteiger partial charge in [0.1, 0.15) is 0 Å². The Kier molecular flexibility index (Phi) is 4.76. The van der Waals surface area contributed by atoms with E-state index in [1.54, 1.807) is 0 Å². The van der Waals surface area contributed by atoms with Crippen LogP contribution in [0.25, 0.3) is 0 Å². The van der Waals surface area contributed by atoms with Crippen LogP contribution in [-0.4, -0.2) is 46.0 Å². The normalized spacial score (nSPS) is 35.4. The molecule has 0 bridgehead atoms. The maximum Gasteiger partial charge on any atom is 0.307 e. The molecule has 19 heavy (non-hydrogen) atoms. The molecule has 4 unspecified atom stereocenters. The predicted molar refractivity (Wildman–Crippen MR) is 76.1 cm³/mol. The monoisotopic (exact) mass is 285 g/mol. The van der Waals surface area contributed by atoms with Crippen molar-refractivity contribution in [2.24, 2.45) is 17.8 Å². The molecule has 1 N–H and O–H groups in total. The van der Waals surface area contributed by atoms with Gasteiger partial charge < -0.3 is 10.0 Å². The minimum Gasteiger partial charge on any atom is -0.481 e. The first kappa shape index (κ1) is 14.7. The van der Waals surface area contributed by atoms with E-state index in [2.05, 4.69) is 6.92 Å². The zero-order valence-electron chi connectivity index (χ0n) is 11.7. The van der Waals surface area contributed by atoms with Crippen LogP contribution in [0.3, 0.4) is 0 Å². The molecular formula is C14H23NO3S. The Balaban J connectivity index is 2.03. The van der Waals surface area contributed by atoms with Crippen LogP contribution in [-0.2, 0) is 9.59 Å². The summed E-state index contributed by atoms with van der Waals surface area (Å²) in [5.41, 5.74) is 0. The van der Waals surface area contributed by atoms with E-state index in [1.807, 2.05) is 23.6 Å². The minimum absolute atomic E-state index is 0.0792. The van der Waals surface area contributed by atoms with Gasteiger partial charge in [-0.2, -0.15) is 11.8 Å². The van der Waals surface area contributed by atoms with Crippen molar-refractivity contribution in [1.29, 1.82) is 0 Å². The number of carboxylic acid groups (broad SMARTS) is 1. The number of carbonyl (C=O) groups is 2. The van der Waals surface area contributed by atoms with Gasteiger partial charge in [-0.1, -0.05) is 13.8 Å². The number of hydrogen-bond donors (Lipinski definition) is 1. The molecule has 0 spiro atoms. The van der Waals surface area contributed by atoms with Crippen LogP contribution >= 0.6 is 11.8 Å². The highest BCUT2D eigenvalue weighted by molar-refractivity contribution is 8.00. The van der Waals surface area contributed by atoms with Crippen LogP contribution in [0.1, 0.15) is 33.1 Å². The van der Waals surface area contributed by atoms with E-state index in [4.69, 9.17) is 0 Å². The summed E-state index contributed by atoms with van der Waals surface area (Å²) < 4.78 is 0. The average molecular weight is 285 g/mol. The highest BCUT2D eigenvalue weighted by atomic mass is 32.2. The Morgan fingerprint density at radius 3 is 2.63 bits per heavy atom. The molecule has 2 aliphatic rings. The predicted octanol–water partition coefficient (Wildman–Crippen LogP) is 2.09. The second-order valence-electron chi connectivity index (χ2n) is 5.81. The van der Waals surface area contributed by atoms with Gasteiger partial charge in [0.15, 0.2) is 0 Å². The van der Waals surface area contributed by atoms with Crippen LogP contribution in [0, 0.1) is 17.8 Å². The molecule has 1 saturated heterocycles. The zero-order valence-corrected chi connectivity index (χ0v) is 12.5. The van der Waals surface area contributed by atoms with Gasteiger partial charge in [-0.25, -0.2) is 0 Å². The highest BCUT2D eigenvalue weighted by Gasteiger charge is 2.43. The average Bonchev–Trinajstić information content (AvgIpc) is 2.80. The number of carbonyl (C=O) groups excluding carboxylic acids is 1. The largest absolute Gasteiger partial charge is 0.481 e. The molecule has 1 amide bonds. The fraction of sp³-hybridized carbons (Fsp3) is 0.857. The molecular weight excluding hydrogens is 262 g/mol. The lowest BCUT2D eigenvalue weighted by Gasteiger charge is -2.34. The van der Waals surface area contributed by atoms with Gasteiger partial charge in [0, 0.05) is 24.1 Å². The summed E-state index contributed by atoms with van der Waals surface area (Å²) in [7, 11) is 0. The summed E-state index contributed by atoms with van der Waals surface area (Å²) in [6.07, 6.45) is 2.44. The SMILES string of the molecule is CCC1CN(C(=O)C2CC(C)CC2C(=O)O)CCS1. The second kappa shape index (κ2) is 6.16. The number of nitrogens with zero attached hydrogens (tertiary/aromatic N) is 1. The van der Waals surface area contributed by atoms with Crippen molar-refractivity contribution in [3.05, 3.63) is 0 Å². The molecule has 108 valence electrons. The van der Waals surface area contributed by atoms with Gasteiger partial charge in [0.05, 0.1) is 11.8 Å². The highest BCUT2D eigenvalue weighted by Crippen LogP contribution is 2.38. The summed E-state index contributed by atoms with van der Waals surface area (Å²) in [4.78, 5) is 25.8. The third-order valence-corrected chi connectivity index (χ3v) is 5.71. The maximum atomic E-state index is 12.6. The van der Waals surface area contributed by atoms with Gasteiger partial charge in [-0.3, -0.25) is 9.59 Å². The Bertz CT molecular complexity index is 361. The van der Waals surface area contributed by atoms with Gasteiger partial charge in [0.25, 0.3) is 0 Å². The fourth-order valence-corrected chi connectivity index (χ4v) is 4.42. The van der Waals surface area contributed by atoms with Crippen molar-refractivity contribution in [2.75, 3.05) is 18.8 Å². The molecule has 4 nitrogen and oxygen atoms in total. The summed E-state index contributed by atoms with van der Waals surface area (Å²) in [6.45, 7) is 5.75. The van der Waals surface area contributed by atoms with E-state index in [0.29, 0.717) is 17.6 Å². The standard InChI is InChI=1S/C14H23NO3S/c1-3-10-8-15(4-5-19-10)13(16)11-6-9(2)7-12(11)14(17)18/h9-12H,3-8H2,1-2H3,(H,17,18). The molecule has 0 radical (unpaired) electrons. The van der Waals surface area contributed by atoms with Crippen LogP contribution in [0.4, 0.5) is 0 Å². The first-order valence-corrected chi connectivity index (χ1v) is 8.21. The van der Waals surface area contributed by atoms with Gasteiger partial charge >= 0.3 is 5.97 Å². The number of amides is 1. The smallest absolute Gasteiger partial charge is 0.307 e. The number of rotatable bonds is 3. The molecule has 0 aromatic rings. The van der Waals surface area contributed by atoms with Gasteiger partial charge in [0.2, 0.25) is 5.91 Å². The van der Waals surface area contributed by atoms with Crippen LogP contribution in [0.5, 0.6) is 0 Å². The van der Waals surface area contributed by atoms with E-state index < -0.39 is 11.9 Å². The third-order valence-electron chi connectivity index (χ3n) is 4.34. The molecule has 0 aromatic heterocycles. The van der Waals surface area contributed by atoms with E-state index in [1.165, 1.54) is 0 Å². The summed E-state index contributed by atoms with van der Waals surface area (Å²) in [6, 6.07) is 0. The third kappa shape index (κ3) is 3.25. The Morgan fingerprint density at radius 1 is 1.32 bits per heavy atom. The Morgan fingerprint density at radius 2 is 2.00 bits per heavy atom. The molecule has 1 heterocycles. The molecule has 2 rings (SSSR count). The first-order chi connectivity index (χ1) is 9.02. The van der Waals surface area contributed by atoms with Crippen LogP contribution in [0.15, 0.2) is 0 Å². The first-order valence-electron chi connectivity index (χ1n) is 7.16. The number of hydrogen-bond acceptors (Lipinski definition) is 3. The maximum absolute atomic E-state index is 12.6. The number of aliphatic carboxylic acids is 1. The Hall–Kier alpha value is -0.710. The van der Waals surface area contributed by atoms with Crippen molar-refractivity contribution in [3.8, 4) is 0 Å². The summed E-state index contributed by atoms with van der Waals surface area (Å²) in [5, 5.41) is 9.79. The fourth-order valence-electron chi connectivity index (χ4n) is 3.24. The lowest BCUT2D eigenvalue weighted by Crippen LogP contribution is -2.46. The van der Waals surface area contributed by atoms with Crippen molar-refractivity contribution >= 4 is 23.6 Å². The molecule has 5 heteroatoms. The molecule has 1 aliphatic carbocycles. The van der Waals surface area contributed by atoms with Crippen molar-refractivity contribution in [1.82, 2.24) is 4.90 Å². The number of carboxylic acids is 1. The quantitative estimate of drug-likeness (QED) is 0.862. The van der Waals surface area contributed by atoms with Crippen LogP contribution in [0.2, 0.25) is 0 Å². The molecule has 1 saturated carbocycles. The van der Waals surface area contributed by atoms with Crippen molar-refractivity contribution in [3.63, 3.8) is 0 Å². The minimum atomic E-state index is -0.805. The lowest BCUT2D eigenvalue weighted by atomic mass is 9.94. The van der Waals surface area contributed by atoms with Crippen molar-refractivity contribution in [2.45, 2.75) is 38.4 Å². The molecule has 1 aliphatic heterocycles. The van der Waals surface area contributed by atoms with Crippen LogP contribution < -0.4 is 0 Å². The second-order valence-corrected chi connectivity index (χ2v) is 7.22. The Labute approximate surface area is 118 Å². The lowest BCUT2D eigenvalue weighted by molar-refractivity contribution is -0.149. The van der Waals surface area contributed by atoms with Crippen molar-refractivity contribution < 1.29 is 14.7 Å². The molecule has 4 atom stereocenters. The topological polar surface area (TPSA) is 57.6 Å². The summed E-state index contributed by atoms with van der Waals surface area (Å²) >= 11 is 1.92. The van der Waals surface area contributed by atoms with Gasteiger partial charge in [-0.15, -0.1) is 0 Å². The molecule has 0 aromatic carbocycles. The van der Waals surface area contributed by atoms with E-state index in [-0.39, 0.29) is 11.8 Å². The van der Waals surface area contributed by atoms with Gasteiger partial charge in [-0.05, 0) is 25.2 Å². The van der Waals surface area contributed by atoms with E-state index in [0.717, 1.165) is 31.7 Å². The zero-order chi connectivity index (χ0) is 14.0.